The lowest BCUT2D eigenvalue weighted by Gasteiger charge is -2.05. The predicted molar refractivity (Wildman–Crippen MR) is 60.8 cm³/mol. The minimum atomic E-state index is -0.437. The summed E-state index contributed by atoms with van der Waals surface area (Å²) < 4.78 is 4.83. The number of esters is 1. The molecule has 0 fully saturated rings. The van der Waals surface area contributed by atoms with E-state index in [1.165, 1.54) is 6.07 Å². The van der Waals surface area contributed by atoms with Crippen molar-refractivity contribution in [2.75, 3.05) is 0 Å². The van der Waals surface area contributed by atoms with Crippen molar-refractivity contribution in [3.05, 3.63) is 41.0 Å². The molecule has 0 atom stereocenters. The number of benzene rings is 1. The fourth-order valence-electron chi connectivity index (χ4n) is 1.68. The number of ketones is 1. The molecule has 1 N–H and O–H groups in total. The zero-order chi connectivity index (χ0) is 12.6. The average Bonchev–Trinajstić information content (AvgIpc) is 2.61. The van der Waals surface area contributed by atoms with Crippen LogP contribution in [-0.4, -0.2) is 16.9 Å². The molecule has 4 heteroatoms. The second kappa shape index (κ2) is 4.05. The Hall–Kier alpha value is -2.10. The van der Waals surface area contributed by atoms with Crippen LogP contribution < -0.4 is 0 Å². The maximum absolute atomic E-state index is 11.5. The van der Waals surface area contributed by atoms with E-state index in [1.807, 2.05) is 0 Å². The van der Waals surface area contributed by atoms with Crippen LogP contribution in [0.15, 0.2) is 24.3 Å². The first-order valence-electron chi connectivity index (χ1n) is 5.19. The van der Waals surface area contributed by atoms with Crippen molar-refractivity contribution in [1.29, 1.82) is 0 Å². The van der Waals surface area contributed by atoms with E-state index >= 15 is 0 Å². The molecule has 1 aromatic carbocycles. The number of ether oxygens (including phenoxy) is 1. The Bertz CT molecular complexity index is 528. The third kappa shape index (κ3) is 2.06. The zero-order valence-corrected chi connectivity index (χ0v) is 9.45. The fourth-order valence-corrected chi connectivity index (χ4v) is 1.68. The molecule has 0 aliphatic carbocycles. The van der Waals surface area contributed by atoms with Crippen molar-refractivity contribution in [3.63, 3.8) is 0 Å². The Kier molecular flexibility index (Phi) is 2.71. The molecule has 1 aromatic rings. The highest BCUT2D eigenvalue weighted by molar-refractivity contribution is 5.97. The molecule has 1 aliphatic heterocycles. The molecule has 1 aliphatic rings. The van der Waals surface area contributed by atoms with Crippen LogP contribution >= 0.6 is 0 Å². The summed E-state index contributed by atoms with van der Waals surface area (Å²) in [6.07, 6.45) is 0.0859. The summed E-state index contributed by atoms with van der Waals surface area (Å²) in [6.45, 7) is 5.38. The summed E-state index contributed by atoms with van der Waals surface area (Å²) in [5, 5.41) is 9.73. The molecule has 0 saturated heterocycles. The number of phenolic OH excluding ortho intramolecular Hbond substituents is 1. The van der Waals surface area contributed by atoms with Crippen molar-refractivity contribution in [2.24, 2.45) is 0 Å². The fraction of sp³-hybridized carbons (Fsp3) is 0.231. The summed E-state index contributed by atoms with van der Waals surface area (Å²) >= 11 is 0. The molecule has 0 aromatic heterocycles. The Morgan fingerprint density at radius 3 is 2.88 bits per heavy atom. The Labute approximate surface area is 98.5 Å². The van der Waals surface area contributed by atoms with Crippen LogP contribution in [0.4, 0.5) is 0 Å². The van der Waals surface area contributed by atoms with Crippen molar-refractivity contribution in [2.45, 2.75) is 20.0 Å². The number of hydrogen-bond donors (Lipinski definition) is 1. The van der Waals surface area contributed by atoms with Gasteiger partial charge in [0.05, 0.1) is 5.56 Å². The Morgan fingerprint density at radius 2 is 2.24 bits per heavy atom. The third-order valence-corrected chi connectivity index (χ3v) is 2.71. The number of rotatable bonds is 3. The number of fused-ring (bicyclic) bond motifs is 1. The highest BCUT2D eigenvalue weighted by Crippen LogP contribution is 2.28. The number of carbonyl (C=O) groups is 2. The van der Waals surface area contributed by atoms with Gasteiger partial charge in [-0.25, -0.2) is 4.79 Å². The molecule has 2 rings (SSSR count). The van der Waals surface area contributed by atoms with Gasteiger partial charge in [-0.2, -0.15) is 0 Å². The van der Waals surface area contributed by atoms with E-state index in [1.54, 1.807) is 13.0 Å². The molecule has 0 amide bonds. The number of cyclic esters (lactones) is 1. The van der Waals surface area contributed by atoms with Gasteiger partial charge >= 0.3 is 5.97 Å². The maximum Gasteiger partial charge on any atom is 0.339 e. The molecule has 0 bridgehead atoms. The topological polar surface area (TPSA) is 63.6 Å². The lowest BCUT2D eigenvalue weighted by atomic mass is 9.99. The van der Waals surface area contributed by atoms with E-state index in [2.05, 4.69) is 6.58 Å². The van der Waals surface area contributed by atoms with E-state index in [-0.39, 0.29) is 24.6 Å². The number of Topliss-reactive ketones (excluding diaryl/α,β-unsaturated/α-hetero) is 1. The zero-order valence-electron chi connectivity index (χ0n) is 9.45. The van der Waals surface area contributed by atoms with Crippen molar-refractivity contribution in [3.8, 4) is 5.75 Å². The van der Waals surface area contributed by atoms with Gasteiger partial charge in [-0.3, -0.25) is 4.79 Å². The lowest BCUT2D eigenvalue weighted by Crippen LogP contribution is -2.04. The average molecular weight is 232 g/mol. The van der Waals surface area contributed by atoms with Gasteiger partial charge in [-0.15, -0.1) is 0 Å². The summed E-state index contributed by atoms with van der Waals surface area (Å²) in [4.78, 5) is 22.8. The first-order valence-corrected chi connectivity index (χ1v) is 5.19. The van der Waals surface area contributed by atoms with Crippen LogP contribution in [0.5, 0.6) is 5.75 Å². The van der Waals surface area contributed by atoms with Crippen LogP contribution in [-0.2, 0) is 22.6 Å². The van der Waals surface area contributed by atoms with Crippen LogP contribution in [0.25, 0.3) is 0 Å². The van der Waals surface area contributed by atoms with Gasteiger partial charge in [0, 0.05) is 17.5 Å². The summed E-state index contributed by atoms with van der Waals surface area (Å²) in [6, 6.07) is 2.99. The van der Waals surface area contributed by atoms with Gasteiger partial charge in [-0.05, 0) is 24.6 Å². The third-order valence-electron chi connectivity index (χ3n) is 2.71. The summed E-state index contributed by atoms with van der Waals surface area (Å²) in [7, 11) is 0. The van der Waals surface area contributed by atoms with Gasteiger partial charge in [0.25, 0.3) is 0 Å². The number of hydrogen-bond acceptors (Lipinski definition) is 4. The molecule has 0 unspecified atom stereocenters. The minimum absolute atomic E-state index is 0.0581. The van der Waals surface area contributed by atoms with Crippen LogP contribution in [0, 0.1) is 0 Å². The van der Waals surface area contributed by atoms with Crippen molar-refractivity contribution >= 4 is 11.8 Å². The van der Waals surface area contributed by atoms with Crippen LogP contribution in [0.3, 0.4) is 0 Å². The summed E-state index contributed by atoms with van der Waals surface area (Å²) in [5.74, 6) is -0.629. The second-order valence-corrected chi connectivity index (χ2v) is 4.09. The standard InChI is InChI=1S/C13H12O4/c1-7(2)11(14)4-8-3-9-6-17-13(16)10(9)5-12(8)15/h3,5,15H,1,4,6H2,2H3. The molecule has 17 heavy (non-hydrogen) atoms. The smallest absolute Gasteiger partial charge is 0.339 e. The normalized spacial score (nSPS) is 13.1. The molecule has 4 nitrogen and oxygen atoms in total. The number of allylic oxidation sites excluding steroid dienone is 1. The first kappa shape index (κ1) is 11.4. The van der Waals surface area contributed by atoms with Gasteiger partial charge in [0.15, 0.2) is 5.78 Å². The van der Waals surface area contributed by atoms with Crippen LogP contribution in [0.1, 0.15) is 28.4 Å². The SMILES string of the molecule is C=C(C)C(=O)Cc1cc2c(cc1O)C(=O)OC2. The van der Waals surface area contributed by atoms with Gasteiger partial charge in [0.1, 0.15) is 12.4 Å². The summed E-state index contributed by atoms with van der Waals surface area (Å²) in [5.41, 5.74) is 2.01. The number of aromatic hydroxyl groups is 1. The van der Waals surface area contributed by atoms with E-state index in [9.17, 15) is 14.7 Å². The first-order chi connectivity index (χ1) is 7.99. The maximum atomic E-state index is 11.5. The van der Waals surface area contributed by atoms with E-state index in [0.717, 1.165) is 0 Å². The molecule has 0 saturated carbocycles. The molecular weight excluding hydrogens is 220 g/mol. The van der Waals surface area contributed by atoms with Gasteiger partial charge < -0.3 is 9.84 Å². The van der Waals surface area contributed by atoms with E-state index in [4.69, 9.17) is 4.74 Å². The monoisotopic (exact) mass is 232 g/mol. The van der Waals surface area contributed by atoms with E-state index in [0.29, 0.717) is 22.3 Å². The lowest BCUT2D eigenvalue weighted by molar-refractivity contribution is -0.114. The molecular formula is C13H12O4. The second-order valence-electron chi connectivity index (χ2n) is 4.09. The van der Waals surface area contributed by atoms with E-state index < -0.39 is 5.97 Å². The number of phenols is 1. The highest BCUT2D eigenvalue weighted by atomic mass is 16.5. The highest BCUT2D eigenvalue weighted by Gasteiger charge is 2.23. The quantitative estimate of drug-likeness (QED) is 0.637. The minimum Gasteiger partial charge on any atom is -0.508 e. The van der Waals surface area contributed by atoms with Gasteiger partial charge in [-0.1, -0.05) is 6.58 Å². The molecule has 0 spiro atoms. The largest absolute Gasteiger partial charge is 0.508 e. The van der Waals surface area contributed by atoms with Crippen molar-refractivity contribution in [1.82, 2.24) is 0 Å². The molecule has 88 valence electrons. The van der Waals surface area contributed by atoms with Crippen molar-refractivity contribution < 1.29 is 19.4 Å². The Balaban J connectivity index is 2.34. The Morgan fingerprint density at radius 1 is 1.53 bits per heavy atom. The molecule has 1 heterocycles. The van der Waals surface area contributed by atoms with Gasteiger partial charge in [0.2, 0.25) is 0 Å². The number of carbonyl (C=O) groups excluding carboxylic acids is 2. The van der Waals surface area contributed by atoms with Crippen LogP contribution in [0.2, 0.25) is 0 Å². The molecule has 0 radical (unpaired) electrons. The predicted octanol–water partition coefficient (Wildman–Crippen LogP) is 1.75.